The van der Waals surface area contributed by atoms with Crippen LogP contribution in [0.15, 0.2) is 18.2 Å². The van der Waals surface area contributed by atoms with E-state index >= 15 is 0 Å². The molecule has 2 fully saturated rings. The first-order chi connectivity index (χ1) is 8.75. The molecule has 1 saturated carbocycles. The third-order valence-corrected chi connectivity index (χ3v) is 4.54. The van der Waals surface area contributed by atoms with Gasteiger partial charge in [0.1, 0.15) is 11.9 Å². The molecule has 98 valence electrons. The van der Waals surface area contributed by atoms with Crippen molar-refractivity contribution in [1.29, 1.82) is 0 Å². The number of hydrogen-bond donors (Lipinski definition) is 1. The fourth-order valence-corrected chi connectivity index (χ4v) is 2.99. The van der Waals surface area contributed by atoms with Crippen LogP contribution in [-0.2, 0) is 0 Å². The van der Waals surface area contributed by atoms with E-state index in [1.807, 2.05) is 25.1 Å². The highest BCUT2D eigenvalue weighted by Crippen LogP contribution is 2.40. The van der Waals surface area contributed by atoms with Gasteiger partial charge < -0.3 is 10.1 Å². The SMILES string of the molecule is Cc1c(Cl)cccc1O[C@H](C1CC1)[C@H]1CCNC1. The average molecular weight is 266 g/mol. The molecule has 0 unspecified atom stereocenters. The third-order valence-electron chi connectivity index (χ3n) is 4.13. The average Bonchev–Trinajstić information content (AvgIpc) is 3.06. The van der Waals surface area contributed by atoms with Crippen molar-refractivity contribution in [1.82, 2.24) is 5.32 Å². The van der Waals surface area contributed by atoms with Gasteiger partial charge in [0.2, 0.25) is 0 Å². The number of halogens is 1. The van der Waals surface area contributed by atoms with Gasteiger partial charge in [-0.3, -0.25) is 0 Å². The molecular weight excluding hydrogens is 246 g/mol. The largest absolute Gasteiger partial charge is 0.489 e. The van der Waals surface area contributed by atoms with E-state index in [1.54, 1.807) is 0 Å². The molecule has 18 heavy (non-hydrogen) atoms. The summed E-state index contributed by atoms with van der Waals surface area (Å²) in [5, 5.41) is 4.24. The zero-order valence-electron chi connectivity index (χ0n) is 10.8. The highest BCUT2D eigenvalue weighted by atomic mass is 35.5. The molecule has 1 aromatic rings. The van der Waals surface area contributed by atoms with Crippen molar-refractivity contribution in [2.45, 2.75) is 32.3 Å². The molecule has 1 heterocycles. The lowest BCUT2D eigenvalue weighted by atomic mass is 9.97. The summed E-state index contributed by atoms with van der Waals surface area (Å²) >= 11 is 6.16. The Morgan fingerprint density at radius 2 is 2.11 bits per heavy atom. The first-order valence-corrected chi connectivity index (χ1v) is 7.26. The van der Waals surface area contributed by atoms with Gasteiger partial charge in [-0.15, -0.1) is 0 Å². The first kappa shape index (κ1) is 12.3. The summed E-state index contributed by atoms with van der Waals surface area (Å²) in [4.78, 5) is 0. The third kappa shape index (κ3) is 2.50. The Hall–Kier alpha value is -0.730. The van der Waals surface area contributed by atoms with Gasteiger partial charge >= 0.3 is 0 Å². The van der Waals surface area contributed by atoms with E-state index in [4.69, 9.17) is 16.3 Å². The summed E-state index contributed by atoms with van der Waals surface area (Å²) in [5.74, 6) is 2.38. The number of nitrogens with one attached hydrogen (secondary N) is 1. The highest BCUT2D eigenvalue weighted by Gasteiger charge is 2.39. The molecule has 1 saturated heterocycles. The van der Waals surface area contributed by atoms with Crippen molar-refractivity contribution < 1.29 is 4.74 Å². The fourth-order valence-electron chi connectivity index (χ4n) is 2.82. The monoisotopic (exact) mass is 265 g/mol. The first-order valence-electron chi connectivity index (χ1n) is 6.88. The summed E-state index contributed by atoms with van der Waals surface area (Å²) in [6.07, 6.45) is 4.25. The highest BCUT2D eigenvalue weighted by molar-refractivity contribution is 6.31. The molecule has 0 radical (unpaired) electrons. The van der Waals surface area contributed by atoms with Gasteiger partial charge in [0.05, 0.1) is 0 Å². The van der Waals surface area contributed by atoms with Gasteiger partial charge in [0.15, 0.2) is 0 Å². The standard InChI is InChI=1S/C15H20ClNO/c1-10-13(16)3-2-4-14(10)18-15(11-5-6-11)12-7-8-17-9-12/h2-4,11-12,15,17H,5-9H2,1H3/t12-,15+/m0/s1. The topological polar surface area (TPSA) is 21.3 Å². The molecule has 1 aliphatic heterocycles. The normalized spacial score (nSPS) is 25.1. The molecule has 0 spiro atoms. The number of ether oxygens (including phenoxy) is 1. The molecule has 1 aliphatic carbocycles. The minimum atomic E-state index is 0.372. The zero-order valence-corrected chi connectivity index (χ0v) is 11.5. The van der Waals surface area contributed by atoms with Crippen LogP contribution < -0.4 is 10.1 Å². The molecule has 0 aromatic heterocycles. The Balaban J connectivity index is 1.77. The second-order valence-electron chi connectivity index (χ2n) is 5.54. The van der Waals surface area contributed by atoms with Gasteiger partial charge in [0, 0.05) is 23.0 Å². The summed E-state index contributed by atoms with van der Waals surface area (Å²) in [6.45, 7) is 4.26. The van der Waals surface area contributed by atoms with E-state index < -0.39 is 0 Å². The maximum absolute atomic E-state index is 6.31. The van der Waals surface area contributed by atoms with E-state index in [9.17, 15) is 0 Å². The van der Waals surface area contributed by atoms with Crippen LogP contribution in [0, 0.1) is 18.8 Å². The number of benzene rings is 1. The Labute approximate surface area is 114 Å². The van der Waals surface area contributed by atoms with Gasteiger partial charge in [-0.05, 0) is 50.8 Å². The number of rotatable bonds is 4. The van der Waals surface area contributed by atoms with Crippen molar-refractivity contribution in [2.75, 3.05) is 13.1 Å². The maximum Gasteiger partial charge on any atom is 0.124 e. The lowest BCUT2D eigenvalue weighted by Gasteiger charge is -2.25. The summed E-state index contributed by atoms with van der Waals surface area (Å²) in [6, 6.07) is 5.94. The summed E-state index contributed by atoms with van der Waals surface area (Å²) in [5.41, 5.74) is 1.07. The van der Waals surface area contributed by atoms with E-state index in [0.29, 0.717) is 12.0 Å². The van der Waals surface area contributed by atoms with E-state index in [1.165, 1.54) is 19.3 Å². The second kappa shape index (κ2) is 5.10. The summed E-state index contributed by atoms with van der Waals surface area (Å²) < 4.78 is 6.31. The van der Waals surface area contributed by atoms with Crippen LogP contribution in [0.25, 0.3) is 0 Å². The molecule has 2 atom stereocenters. The molecular formula is C15H20ClNO. The molecule has 3 rings (SSSR count). The molecule has 1 aromatic carbocycles. The van der Waals surface area contributed by atoms with Crippen LogP contribution in [0.3, 0.4) is 0 Å². The Bertz CT molecular complexity index is 425. The molecule has 0 bridgehead atoms. The van der Waals surface area contributed by atoms with Crippen molar-refractivity contribution in [3.63, 3.8) is 0 Å². The van der Waals surface area contributed by atoms with E-state index in [-0.39, 0.29) is 0 Å². The molecule has 2 nitrogen and oxygen atoms in total. The van der Waals surface area contributed by atoms with Crippen LogP contribution in [0.2, 0.25) is 5.02 Å². The maximum atomic E-state index is 6.31. The molecule has 3 heteroatoms. The van der Waals surface area contributed by atoms with Crippen LogP contribution in [0.1, 0.15) is 24.8 Å². The zero-order chi connectivity index (χ0) is 12.5. The van der Waals surface area contributed by atoms with Crippen LogP contribution in [-0.4, -0.2) is 19.2 Å². The van der Waals surface area contributed by atoms with Crippen molar-refractivity contribution in [3.05, 3.63) is 28.8 Å². The Morgan fingerprint density at radius 1 is 1.28 bits per heavy atom. The van der Waals surface area contributed by atoms with Crippen molar-refractivity contribution in [3.8, 4) is 5.75 Å². The van der Waals surface area contributed by atoms with E-state index in [2.05, 4.69) is 5.32 Å². The van der Waals surface area contributed by atoms with Crippen LogP contribution in [0.5, 0.6) is 5.75 Å². The van der Waals surface area contributed by atoms with Gasteiger partial charge in [0.25, 0.3) is 0 Å². The smallest absolute Gasteiger partial charge is 0.124 e. The molecule has 0 amide bonds. The van der Waals surface area contributed by atoms with Crippen molar-refractivity contribution in [2.24, 2.45) is 11.8 Å². The minimum absolute atomic E-state index is 0.372. The Kier molecular flexibility index (Phi) is 3.49. The van der Waals surface area contributed by atoms with Gasteiger partial charge in [-0.2, -0.15) is 0 Å². The van der Waals surface area contributed by atoms with Crippen LogP contribution >= 0.6 is 11.6 Å². The molecule has 1 N–H and O–H groups in total. The lowest BCUT2D eigenvalue weighted by Crippen LogP contribution is -2.31. The van der Waals surface area contributed by atoms with E-state index in [0.717, 1.165) is 35.3 Å². The van der Waals surface area contributed by atoms with Gasteiger partial charge in [-0.25, -0.2) is 0 Å². The summed E-state index contributed by atoms with van der Waals surface area (Å²) in [7, 11) is 0. The predicted octanol–water partition coefficient (Wildman–Crippen LogP) is 3.42. The Morgan fingerprint density at radius 3 is 2.78 bits per heavy atom. The van der Waals surface area contributed by atoms with Crippen molar-refractivity contribution >= 4 is 11.6 Å². The van der Waals surface area contributed by atoms with Gasteiger partial charge in [-0.1, -0.05) is 17.7 Å². The second-order valence-corrected chi connectivity index (χ2v) is 5.94. The molecule has 2 aliphatic rings. The fraction of sp³-hybridized carbons (Fsp3) is 0.600. The minimum Gasteiger partial charge on any atom is -0.489 e. The van der Waals surface area contributed by atoms with Crippen LogP contribution in [0.4, 0.5) is 0 Å². The number of hydrogen-bond acceptors (Lipinski definition) is 2. The quantitative estimate of drug-likeness (QED) is 0.901. The lowest BCUT2D eigenvalue weighted by molar-refractivity contribution is 0.120. The predicted molar refractivity (Wildman–Crippen MR) is 74.3 cm³/mol.